The number of likely N-dealkylation sites (N-methyl/N-ethyl adjacent to an activating group) is 2. The van der Waals surface area contributed by atoms with Crippen molar-refractivity contribution in [1.82, 2.24) is 10.2 Å². The first-order valence-corrected chi connectivity index (χ1v) is 8.27. The third-order valence-corrected chi connectivity index (χ3v) is 4.66. The van der Waals surface area contributed by atoms with Gasteiger partial charge in [-0.1, -0.05) is 51.0 Å². The fraction of sp³-hybridized carbons (Fsp3) is 0.667. The monoisotopic (exact) mass is 274 g/mol. The van der Waals surface area contributed by atoms with Crippen molar-refractivity contribution in [3.63, 3.8) is 0 Å². The molecular weight excluding hydrogens is 244 g/mol. The van der Waals surface area contributed by atoms with Gasteiger partial charge in [0, 0.05) is 18.6 Å². The Morgan fingerprint density at radius 2 is 1.80 bits per heavy atom. The van der Waals surface area contributed by atoms with Gasteiger partial charge in [-0.3, -0.25) is 0 Å². The highest BCUT2D eigenvalue weighted by Crippen LogP contribution is 2.24. The molecule has 1 unspecified atom stereocenters. The Bertz CT molecular complexity index is 379. The summed E-state index contributed by atoms with van der Waals surface area (Å²) < 4.78 is 0. The highest BCUT2D eigenvalue weighted by Gasteiger charge is 2.22. The lowest BCUT2D eigenvalue weighted by atomic mass is 10.0. The average molecular weight is 274 g/mol. The summed E-state index contributed by atoms with van der Waals surface area (Å²) in [6, 6.07) is 10.4. The van der Waals surface area contributed by atoms with Gasteiger partial charge in [0.05, 0.1) is 0 Å². The number of rotatable bonds is 7. The number of benzene rings is 1. The highest BCUT2D eigenvalue weighted by atomic mass is 15.2. The van der Waals surface area contributed by atoms with Gasteiger partial charge in [0.2, 0.25) is 0 Å². The number of hydrogen-bond donors (Lipinski definition) is 1. The fourth-order valence-electron chi connectivity index (χ4n) is 3.30. The zero-order chi connectivity index (χ0) is 14.4. The van der Waals surface area contributed by atoms with Gasteiger partial charge in [-0.2, -0.15) is 0 Å². The molecule has 0 heterocycles. The van der Waals surface area contributed by atoms with Gasteiger partial charge in [-0.15, -0.1) is 0 Å². The quantitative estimate of drug-likeness (QED) is 0.814. The molecule has 1 aliphatic carbocycles. The largest absolute Gasteiger partial charge is 0.309 e. The molecule has 0 amide bonds. The molecule has 2 nitrogen and oxygen atoms in total. The molecule has 1 saturated carbocycles. The van der Waals surface area contributed by atoms with Crippen LogP contribution in [-0.2, 0) is 6.42 Å². The van der Waals surface area contributed by atoms with Crippen LogP contribution in [0.3, 0.4) is 0 Å². The van der Waals surface area contributed by atoms with Crippen LogP contribution in [0.2, 0.25) is 0 Å². The number of nitrogens with zero attached hydrogens (tertiary/aromatic N) is 1. The van der Waals surface area contributed by atoms with E-state index in [0.29, 0.717) is 6.04 Å². The van der Waals surface area contributed by atoms with Crippen molar-refractivity contribution >= 4 is 0 Å². The van der Waals surface area contributed by atoms with Gasteiger partial charge < -0.3 is 10.2 Å². The minimum absolute atomic E-state index is 0.455. The maximum Gasteiger partial charge on any atom is 0.0449 e. The highest BCUT2D eigenvalue weighted by molar-refractivity contribution is 5.25. The van der Waals surface area contributed by atoms with Crippen LogP contribution in [0.15, 0.2) is 24.3 Å². The first kappa shape index (κ1) is 15.5. The lowest BCUT2D eigenvalue weighted by Crippen LogP contribution is -2.37. The van der Waals surface area contributed by atoms with E-state index < -0.39 is 0 Å². The lowest BCUT2D eigenvalue weighted by Gasteiger charge is -2.29. The van der Waals surface area contributed by atoms with Crippen LogP contribution in [0.25, 0.3) is 0 Å². The molecule has 1 atom stereocenters. The van der Waals surface area contributed by atoms with Gasteiger partial charge >= 0.3 is 0 Å². The summed E-state index contributed by atoms with van der Waals surface area (Å²) in [5.74, 6) is 0. The van der Waals surface area contributed by atoms with Crippen LogP contribution >= 0.6 is 0 Å². The average Bonchev–Trinajstić information content (AvgIpc) is 3.01. The first-order chi connectivity index (χ1) is 9.74. The Balaban J connectivity index is 2.00. The molecular formula is C18H30N2. The van der Waals surface area contributed by atoms with Crippen molar-refractivity contribution in [2.45, 2.75) is 58.0 Å². The summed E-state index contributed by atoms with van der Waals surface area (Å²) in [5.41, 5.74) is 2.85. The minimum atomic E-state index is 0.455. The molecule has 1 aromatic carbocycles. The van der Waals surface area contributed by atoms with Gasteiger partial charge in [0.15, 0.2) is 0 Å². The van der Waals surface area contributed by atoms with Crippen molar-refractivity contribution < 1.29 is 0 Å². The Morgan fingerprint density at radius 1 is 1.15 bits per heavy atom. The summed E-state index contributed by atoms with van der Waals surface area (Å²) in [5, 5.41) is 3.65. The summed E-state index contributed by atoms with van der Waals surface area (Å²) >= 11 is 0. The summed E-state index contributed by atoms with van der Waals surface area (Å²) in [6.07, 6.45) is 6.69. The molecule has 2 heteroatoms. The molecule has 1 aromatic rings. The van der Waals surface area contributed by atoms with E-state index in [-0.39, 0.29) is 0 Å². The Kier molecular flexibility index (Phi) is 6.06. The molecule has 0 bridgehead atoms. The fourth-order valence-corrected chi connectivity index (χ4v) is 3.30. The van der Waals surface area contributed by atoms with Gasteiger partial charge in [-0.05, 0) is 44.0 Å². The molecule has 20 heavy (non-hydrogen) atoms. The van der Waals surface area contributed by atoms with E-state index in [1.54, 1.807) is 0 Å². The van der Waals surface area contributed by atoms with E-state index in [2.05, 4.69) is 55.4 Å². The SMILES string of the molecule is CCNC(CN(C)C1CCCC1)c1ccc(CC)cc1. The van der Waals surface area contributed by atoms with Crippen LogP contribution < -0.4 is 5.32 Å². The molecule has 0 saturated heterocycles. The maximum absolute atomic E-state index is 3.65. The van der Waals surface area contributed by atoms with E-state index >= 15 is 0 Å². The van der Waals surface area contributed by atoms with E-state index in [9.17, 15) is 0 Å². The molecule has 0 radical (unpaired) electrons. The predicted molar refractivity (Wildman–Crippen MR) is 87.1 cm³/mol. The van der Waals surface area contributed by atoms with Crippen LogP contribution in [0.1, 0.15) is 56.7 Å². The second kappa shape index (κ2) is 7.80. The minimum Gasteiger partial charge on any atom is -0.309 e. The van der Waals surface area contributed by atoms with E-state index in [0.717, 1.165) is 25.6 Å². The van der Waals surface area contributed by atoms with Gasteiger partial charge in [0.1, 0.15) is 0 Å². The summed E-state index contributed by atoms with van der Waals surface area (Å²) in [4.78, 5) is 2.56. The van der Waals surface area contributed by atoms with Crippen molar-refractivity contribution in [2.75, 3.05) is 20.1 Å². The first-order valence-electron chi connectivity index (χ1n) is 8.27. The number of nitrogens with one attached hydrogen (secondary N) is 1. The molecule has 0 aromatic heterocycles. The van der Waals surface area contributed by atoms with Crippen molar-refractivity contribution in [3.8, 4) is 0 Å². The molecule has 0 aliphatic heterocycles. The summed E-state index contributed by atoms with van der Waals surface area (Å²) in [7, 11) is 2.29. The smallest absolute Gasteiger partial charge is 0.0449 e. The van der Waals surface area contributed by atoms with E-state index in [4.69, 9.17) is 0 Å². The van der Waals surface area contributed by atoms with Crippen LogP contribution in [-0.4, -0.2) is 31.1 Å². The molecule has 1 aliphatic rings. The molecule has 2 rings (SSSR count). The van der Waals surface area contributed by atoms with E-state index in [1.165, 1.54) is 36.8 Å². The van der Waals surface area contributed by atoms with Crippen LogP contribution in [0, 0.1) is 0 Å². The van der Waals surface area contributed by atoms with Gasteiger partial charge in [-0.25, -0.2) is 0 Å². The standard InChI is InChI=1S/C18H30N2/c1-4-15-10-12-16(13-11-15)18(19-5-2)14-20(3)17-8-6-7-9-17/h10-13,17-19H,4-9,14H2,1-3H3. The zero-order valence-electron chi connectivity index (χ0n) is 13.4. The van der Waals surface area contributed by atoms with E-state index in [1.807, 2.05) is 0 Å². The maximum atomic E-state index is 3.65. The third-order valence-electron chi connectivity index (χ3n) is 4.66. The topological polar surface area (TPSA) is 15.3 Å². The van der Waals surface area contributed by atoms with Crippen LogP contribution in [0.5, 0.6) is 0 Å². The normalized spacial score (nSPS) is 17.8. The molecule has 0 spiro atoms. The molecule has 112 valence electrons. The van der Waals surface area contributed by atoms with Crippen molar-refractivity contribution in [2.24, 2.45) is 0 Å². The number of aryl methyl sites for hydroxylation is 1. The van der Waals surface area contributed by atoms with Crippen molar-refractivity contribution in [1.29, 1.82) is 0 Å². The zero-order valence-corrected chi connectivity index (χ0v) is 13.4. The molecule has 1 N–H and O–H groups in total. The Morgan fingerprint density at radius 3 is 2.35 bits per heavy atom. The molecule has 1 fully saturated rings. The Labute approximate surface area is 124 Å². The second-order valence-corrected chi connectivity index (χ2v) is 6.08. The number of hydrogen-bond acceptors (Lipinski definition) is 2. The third kappa shape index (κ3) is 4.07. The Hall–Kier alpha value is -0.860. The lowest BCUT2D eigenvalue weighted by molar-refractivity contribution is 0.220. The summed E-state index contributed by atoms with van der Waals surface area (Å²) in [6.45, 7) is 6.55. The van der Waals surface area contributed by atoms with Gasteiger partial charge in [0.25, 0.3) is 0 Å². The van der Waals surface area contributed by atoms with Crippen molar-refractivity contribution in [3.05, 3.63) is 35.4 Å². The second-order valence-electron chi connectivity index (χ2n) is 6.08. The van der Waals surface area contributed by atoms with Crippen LogP contribution in [0.4, 0.5) is 0 Å². The predicted octanol–water partition coefficient (Wildman–Crippen LogP) is 3.77.